The number of hydrogen-bond acceptors (Lipinski definition) is 4. The molecule has 1 aliphatic heterocycles. The first-order valence-corrected chi connectivity index (χ1v) is 14.6. The summed E-state index contributed by atoms with van der Waals surface area (Å²) in [5.41, 5.74) is -0.460. The van der Waals surface area contributed by atoms with Crippen LogP contribution in [0, 0.1) is 45.3 Å². The summed E-state index contributed by atoms with van der Waals surface area (Å²) in [5.74, 6) is 2.20. The van der Waals surface area contributed by atoms with Crippen molar-refractivity contribution in [3.8, 4) is 0 Å². The van der Waals surface area contributed by atoms with Gasteiger partial charge in [0.05, 0.1) is 11.7 Å². The second-order valence-corrected chi connectivity index (χ2v) is 14.7. The number of allylic oxidation sites excluding steroid dienone is 2. The monoisotopic (exact) mass is 500 g/mol. The Labute approximate surface area is 220 Å². The molecule has 0 aromatic rings. The van der Waals surface area contributed by atoms with Crippen LogP contribution in [0.1, 0.15) is 93.4 Å². The van der Waals surface area contributed by atoms with E-state index in [1.165, 1.54) is 19.3 Å². The fourth-order valence-corrected chi connectivity index (χ4v) is 10.3. The van der Waals surface area contributed by atoms with Gasteiger partial charge < -0.3 is 19.3 Å². The van der Waals surface area contributed by atoms with Gasteiger partial charge in [0, 0.05) is 31.0 Å². The summed E-state index contributed by atoms with van der Waals surface area (Å²) in [6.07, 6.45) is 16.9. The molecule has 36 heavy (non-hydrogen) atoms. The summed E-state index contributed by atoms with van der Waals surface area (Å²) in [5, 5.41) is 11.0. The van der Waals surface area contributed by atoms with Gasteiger partial charge in [-0.1, -0.05) is 58.9 Å². The van der Waals surface area contributed by atoms with Crippen molar-refractivity contribution in [1.82, 2.24) is 0 Å². The minimum atomic E-state index is -0.434. The van der Waals surface area contributed by atoms with E-state index in [0.29, 0.717) is 29.1 Å². The summed E-state index contributed by atoms with van der Waals surface area (Å²) in [6.45, 7) is 16.3. The van der Waals surface area contributed by atoms with Gasteiger partial charge in [0.1, 0.15) is 5.60 Å². The van der Waals surface area contributed by atoms with Gasteiger partial charge in [0.25, 0.3) is 0 Å². The van der Waals surface area contributed by atoms with Crippen LogP contribution in [0.5, 0.6) is 0 Å². The molecule has 0 aromatic heterocycles. The van der Waals surface area contributed by atoms with Gasteiger partial charge in [-0.25, -0.2) is 0 Å². The van der Waals surface area contributed by atoms with Crippen LogP contribution in [0.15, 0.2) is 24.3 Å². The molecule has 3 saturated carbocycles. The van der Waals surface area contributed by atoms with Crippen LogP contribution in [0.3, 0.4) is 0 Å². The molecule has 0 amide bonds. The molecule has 0 aromatic carbocycles. The van der Waals surface area contributed by atoms with Gasteiger partial charge in [-0.3, -0.25) is 0 Å². The smallest absolute Gasteiger partial charge is 0.164 e. The minimum Gasteiger partial charge on any atom is -0.392 e. The van der Waals surface area contributed by atoms with Crippen molar-refractivity contribution >= 4 is 0 Å². The maximum absolute atomic E-state index is 11.0. The molecule has 10 atom stereocenters. The van der Waals surface area contributed by atoms with Crippen molar-refractivity contribution in [3.05, 3.63) is 24.3 Å². The zero-order valence-corrected chi connectivity index (χ0v) is 24.4. The molecule has 0 unspecified atom stereocenters. The third kappa shape index (κ3) is 3.20. The predicted molar refractivity (Wildman–Crippen MR) is 144 cm³/mol. The van der Waals surface area contributed by atoms with E-state index in [1.54, 1.807) is 7.11 Å². The second kappa shape index (κ2) is 8.41. The maximum atomic E-state index is 11.0. The normalized spacial score (nSPS) is 50.1. The highest BCUT2D eigenvalue weighted by Gasteiger charge is 2.78. The SMILES string of the molecule is CO[C@H]1O[C@]23C=C[C@@H]4[C@@]1(CC[C@]1(C)[C@@H]([C@H](C)C/C=C/C(C)(C)OC)CC[C@@]41C)[C@@H]2CC[C@H](O)C3(C)C. The Kier molecular flexibility index (Phi) is 6.28. The lowest BCUT2D eigenvalue weighted by Crippen LogP contribution is -2.65. The van der Waals surface area contributed by atoms with Crippen LogP contribution >= 0.6 is 0 Å². The zero-order chi connectivity index (χ0) is 26.4. The summed E-state index contributed by atoms with van der Waals surface area (Å²) in [4.78, 5) is 0. The summed E-state index contributed by atoms with van der Waals surface area (Å²) in [7, 11) is 3.63. The van der Waals surface area contributed by atoms with Crippen LogP contribution in [-0.2, 0) is 14.2 Å². The Morgan fingerprint density at radius 3 is 2.44 bits per heavy atom. The van der Waals surface area contributed by atoms with E-state index in [-0.39, 0.29) is 34.2 Å². The highest BCUT2D eigenvalue weighted by Crippen LogP contribution is 2.78. The van der Waals surface area contributed by atoms with Gasteiger partial charge in [-0.05, 0) is 87.4 Å². The van der Waals surface area contributed by atoms with E-state index < -0.39 is 5.60 Å². The molecule has 1 heterocycles. The fraction of sp³-hybridized carbons (Fsp3) is 0.875. The molecule has 5 rings (SSSR count). The quantitative estimate of drug-likeness (QED) is 0.402. The molecule has 4 heteroatoms. The first kappa shape index (κ1) is 26.9. The highest BCUT2D eigenvalue weighted by atomic mass is 16.7. The average Bonchev–Trinajstić information content (AvgIpc) is 3.20. The van der Waals surface area contributed by atoms with Crippen LogP contribution in [0.2, 0.25) is 0 Å². The molecular weight excluding hydrogens is 448 g/mol. The number of hydrogen-bond donors (Lipinski definition) is 1. The van der Waals surface area contributed by atoms with Crippen molar-refractivity contribution < 1.29 is 19.3 Å². The number of fused-ring (bicyclic) bond motifs is 2. The Balaban J connectivity index is 1.49. The lowest BCUT2D eigenvalue weighted by molar-refractivity contribution is -0.225. The van der Waals surface area contributed by atoms with Crippen molar-refractivity contribution in [2.75, 3.05) is 14.2 Å². The molecule has 204 valence electrons. The van der Waals surface area contributed by atoms with Gasteiger partial charge in [-0.15, -0.1) is 0 Å². The Morgan fingerprint density at radius 1 is 1.06 bits per heavy atom. The van der Waals surface area contributed by atoms with Crippen molar-refractivity contribution in [2.45, 2.75) is 117 Å². The van der Waals surface area contributed by atoms with E-state index in [0.717, 1.165) is 25.7 Å². The molecular formula is C32H52O4. The van der Waals surface area contributed by atoms with Gasteiger partial charge in [-0.2, -0.15) is 0 Å². The third-order valence-corrected chi connectivity index (χ3v) is 12.9. The average molecular weight is 501 g/mol. The van der Waals surface area contributed by atoms with Crippen LogP contribution < -0.4 is 0 Å². The molecule has 5 aliphatic rings. The van der Waals surface area contributed by atoms with Gasteiger partial charge in [0.15, 0.2) is 6.29 Å². The molecule has 2 bridgehead atoms. The lowest BCUT2D eigenvalue weighted by Gasteiger charge is -2.65. The van der Waals surface area contributed by atoms with Crippen molar-refractivity contribution in [3.63, 3.8) is 0 Å². The Hall–Kier alpha value is -0.680. The molecule has 4 nitrogen and oxygen atoms in total. The summed E-state index contributed by atoms with van der Waals surface area (Å²) in [6, 6.07) is 0. The fourth-order valence-electron chi connectivity index (χ4n) is 10.3. The second-order valence-electron chi connectivity index (χ2n) is 14.7. The molecule has 1 spiro atoms. The Bertz CT molecular complexity index is 921. The largest absolute Gasteiger partial charge is 0.392 e. The first-order valence-electron chi connectivity index (χ1n) is 14.6. The van der Waals surface area contributed by atoms with E-state index in [4.69, 9.17) is 14.2 Å². The Morgan fingerprint density at radius 2 is 1.78 bits per heavy atom. The summed E-state index contributed by atoms with van der Waals surface area (Å²) >= 11 is 0. The van der Waals surface area contributed by atoms with E-state index in [2.05, 4.69) is 72.8 Å². The minimum absolute atomic E-state index is 0.00428. The topological polar surface area (TPSA) is 47.9 Å². The molecule has 0 radical (unpaired) electrons. The van der Waals surface area contributed by atoms with Crippen molar-refractivity contribution in [1.29, 1.82) is 0 Å². The first-order chi connectivity index (χ1) is 16.8. The molecule has 4 aliphatic carbocycles. The summed E-state index contributed by atoms with van der Waals surface area (Å²) < 4.78 is 18.8. The number of methoxy groups -OCH3 is 2. The third-order valence-electron chi connectivity index (χ3n) is 12.9. The van der Waals surface area contributed by atoms with Crippen LogP contribution in [-0.4, -0.2) is 42.9 Å². The number of rotatable bonds is 6. The van der Waals surface area contributed by atoms with E-state index in [1.807, 2.05) is 7.11 Å². The number of aliphatic hydroxyl groups excluding tert-OH is 1. The zero-order valence-electron chi connectivity index (χ0n) is 24.4. The van der Waals surface area contributed by atoms with E-state index >= 15 is 0 Å². The van der Waals surface area contributed by atoms with Gasteiger partial charge >= 0.3 is 0 Å². The molecule has 1 saturated heterocycles. The lowest BCUT2D eigenvalue weighted by atomic mass is 9.38. The molecule has 1 N–H and O–H groups in total. The molecule has 4 fully saturated rings. The van der Waals surface area contributed by atoms with Gasteiger partial charge in [0.2, 0.25) is 0 Å². The number of aliphatic hydroxyl groups is 1. The maximum Gasteiger partial charge on any atom is 0.164 e. The number of ether oxygens (including phenoxy) is 3. The van der Waals surface area contributed by atoms with Crippen molar-refractivity contribution in [2.24, 2.45) is 45.3 Å². The highest BCUT2D eigenvalue weighted by molar-refractivity contribution is 5.34. The van der Waals surface area contributed by atoms with E-state index in [9.17, 15) is 5.11 Å². The standard InChI is InChI=1S/C32H52O4/c1-21(11-10-16-27(2,3)35-9)22-14-17-30(7)23-15-18-32-24(12-13-25(33)28(32,4)5)31(23,26(34-8)36-32)20-19-29(22,30)6/h10,15-16,18,21-26,33H,11-14,17,19-20H2,1-9H3/b16-10+/t21-,22-,23+,24+,25+,26+,29-,30+,31+,32-/m1/s1. The van der Waals surface area contributed by atoms with Crippen LogP contribution in [0.25, 0.3) is 0 Å². The predicted octanol–water partition coefficient (Wildman–Crippen LogP) is 6.92. The van der Waals surface area contributed by atoms with Crippen LogP contribution in [0.4, 0.5) is 0 Å².